The predicted octanol–water partition coefficient (Wildman–Crippen LogP) is 8.92. The number of unbranched alkanes of at least 4 members (excludes halogenated alkanes) is 3. The second-order valence-electron chi connectivity index (χ2n) is 12.8. The fraction of sp³-hybridized carbons (Fsp3) is 0.512. The van der Waals surface area contributed by atoms with E-state index in [1.807, 2.05) is 6.92 Å². The third-order valence-electron chi connectivity index (χ3n) is 9.15. The number of benzene rings is 1. The third kappa shape index (κ3) is 12.1. The first kappa shape index (κ1) is 37.0. The van der Waals surface area contributed by atoms with Crippen LogP contribution in [0.5, 0.6) is 0 Å². The molecule has 0 bridgehead atoms. The Morgan fingerprint density at radius 1 is 0.783 bits per heavy atom. The number of aliphatic hydroxyl groups excluding tert-OH is 1. The van der Waals surface area contributed by atoms with E-state index in [1.165, 1.54) is 53.5 Å². The number of rotatable bonds is 21. The molecular formula is C41H56O5. The van der Waals surface area contributed by atoms with Gasteiger partial charge in [0, 0.05) is 23.3 Å². The Hall–Kier alpha value is -3.44. The highest BCUT2D eigenvalue weighted by atomic mass is 16.5. The van der Waals surface area contributed by atoms with Gasteiger partial charge in [-0.1, -0.05) is 119 Å². The average molecular weight is 629 g/mol. The summed E-state index contributed by atoms with van der Waals surface area (Å²) in [6.45, 7) is 13.4. The van der Waals surface area contributed by atoms with Crippen LogP contribution in [0.1, 0.15) is 95.2 Å². The number of esters is 2. The molecule has 0 amide bonds. The molecule has 0 saturated heterocycles. The summed E-state index contributed by atoms with van der Waals surface area (Å²) in [5.41, 5.74) is 7.55. The maximum absolute atomic E-state index is 12.1. The Morgan fingerprint density at radius 3 is 2.02 bits per heavy atom. The number of allylic oxidation sites excluding steroid dienone is 8. The molecule has 1 aromatic carbocycles. The van der Waals surface area contributed by atoms with E-state index in [1.54, 1.807) is 0 Å². The van der Waals surface area contributed by atoms with Crippen LogP contribution in [0.15, 0.2) is 90.1 Å². The highest BCUT2D eigenvalue weighted by molar-refractivity contribution is 5.88. The van der Waals surface area contributed by atoms with Crippen molar-refractivity contribution in [2.75, 3.05) is 19.8 Å². The number of fused-ring (bicyclic) bond motifs is 1. The summed E-state index contributed by atoms with van der Waals surface area (Å²) in [6.07, 6.45) is 26.7. The van der Waals surface area contributed by atoms with Gasteiger partial charge >= 0.3 is 11.9 Å². The van der Waals surface area contributed by atoms with Gasteiger partial charge in [-0.25, -0.2) is 9.59 Å². The van der Waals surface area contributed by atoms with E-state index >= 15 is 0 Å². The van der Waals surface area contributed by atoms with Crippen LogP contribution in [-0.2, 0) is 38.3 Å². The van der Waals surface area contributed by atoms with Crippen molar-refractivity contribution in [2.45, 2.75) is 97.8 Å². The number of carbonyl (C=O) groups excluding carboxylic acids is 2. The van der Waals surface area contributed by atoms with Crippen molar-refractivity contribution >= 4 is 11.9 Å². The number of aryl methyl sites for hydroxylation is 3. The lowest BCUT2D eigenvalue weighted by Gasteiger charge is -2.25. The molecule has 250 valence electrons. The maximum atomic E-state index is 12.1. The van der Waals surface area contributed by atoms with Crippen LogP contribution >= 0.6 is 0 Å². The van der Waals surface area contributed by atoms with Gasteiger partial charge in [0.1, 0.15) is 0 Å². The van der Waals surface area contributed by atoms with Gasteiger partial charge in [0.2, 0.25) is 0 Å². The summed E-state index contributed by atoms with van der Waals surface area (Å²) in [4.78, 5) is 24.1. The normalized spacial score (nSPS) is 17.5. The Kier molecular flexibility index (Phi) is 16.0. The summed E-state index contributed by atoms with van der Waals surface area (Å²) in [6, 6.07) is 6.94. The number of carbonyl (C=O) groups is 2. The number of hydrogen-bond acceptors (Lipinski definition) is 5. The molecule has 1 N–H and O–H groups in total. The Balaban J connectivity index is 1.48. The van der Waals surface area contributed by atoms with Crippen molar-refractivity contribution in [3.8, 4) is 0 Å². The fourth-order valence-corrected chi connectivity index (χ4v) is 6.04. The largest absolute Gasteiger partial charge is 0.462 e. The first-order chi connectivity index (χ1) is 22.3. The van der Waals surface area contributed by atoms with Crippen molar-refractivity contribution in [1.82, 2.24) is 0 Å². The van der Waals surface area contributed by atoms with Crippen molar-refractivity contribution in [3.05, 3.63) is 107 Å². The van der Waals surface area contributed by atoms with Crippen molar-refractivity contribution in [2.24, 2.45) is 17.8 Å². The summed E-state index contributed by atoms with van der Waals surface area (Å²) in [5.74, 6) is -0.191. The summed E-state index contributed by atoms with van der Waals surface area (Å²) in [7, 11) is 0. The molecule has 0 aliphatic heterocycles. The Labute approximate surface area is 277 Å². The van der Waals surface area contributed by atoms with Gasteiger partial charge in [-0.3, -0.25) is 0 Å². The molecule has 0 radical (unpaired) electrons. The SMILES string of the molecule is C=C(CC)C(=O)OCC(CCCCc1ccc(CCC2=CC3C=CC(CCCCC)=CC3C=C2)c(CC)c1)COC(=O)C(=C)CO. The zero-order valence-electron chi connectivity index (χ0n) is 28.5. The molecule has 2 aliphatic rings. The minimum Gasteiger partial charge on any atom is -0.462 e. The van der Waals surface area contributed by atoms with E-state index < -0.39 is 18.5 Å². The van der Waals surface area contributed by atoms with Crippen LogP contribution in [0.2, 0.25) is 0 Å². The van der Waals surface area contributed by atoms with Gasteiger partial charge in [-0.15, -0.1) is 0 Å². The highest BCUT2D eigenvalue weighted by Gasteiger charge is 2.21. The smallest absolute Gasteiger partial charge is 0.335 e. The van der Waals surface area contributed by atoms with Crippen LogP contribution in [0.3, 0.4) is 0 Å². The molecule has 0 fully saturated rings. The monoisotopic (exact) mass is 628 g/mol. The molecule has 0 spiro atoms. The molecule has 5 nitrogen and oxygen atoms in total. The van der Waals surface area contributed by atoms with E-state index in [-0.39, 0.29) is 24.7 Å². The standard InChI is InChI=1S/C41H56O5/c1-6-9-10-13-33-18-22-39-26-34(19-23-38(39)25-33)17-21-37-20-16-32(24-36(37)8-3)14-11-12-15-35(28-45-40(43)30(4)7-2)29-46-41(44)31(5)27-42/h16,18-20,22-26,35,38-39,42H,4-15,17,21,27-29H2,1-3H3. The molecule has 46 heavy (non-hydrogen) atoms. The van der Waals surface area contributed by atoms with Gasteiger partial charge < -0.3 is 14.6 Å². The second kappa shape index (κ2) is 19.9. The van der Waals surface area contributed by atoms with Crippen molar-refractivity contribution in [3.63, 3.8) is 0 Å². The third-order valence-corrected chi connectivity index (χ3v) is 9.15. The van der Waals surface area contributed by atoms with Gasteiger partial charge in [0.15, 0.2) is 0 Å². The van der Waals surface area contributed by atoms with E-state index in [4.69, 9.17) is 14.6 Å². The van der Waals surface area contributed by atoms with Gasteiger partial charge in [0.25, 0.3) is 0 Å². The molecule has 3 atom stereocenters. The van der Waals surface area contributed by atoms with Crippen LogP contribution in [-0.4, -0.2) is 36.9 Å². The van der Waals surface area contributed by atoms with Gasteiger partial charge in [0.05, 0.1) is 25.4 Å². The first-order valence-electron chi connectivity index (χ1n) is 17.5. The summed E-state index contributed by atoms with van der Waals surface area (Å²) in [5, 5.41) is 9.14. The van der Waals surface area contributed by atoms with E-state index in [2.05, 4.69) is 81.7 Å². The lowest BCUT2D eigenvalue weighted by atomic mass is 9.79. The quantitative estimate of drug-likeness (QED) is 0.0836. The zero-order chi connectivity index (χ0) is 33.3. The molecule has 0 aromatic heterocycles. The minimum absolute atomic E-state index is 0.0104. The summed E-state index contributed by atoms with van der Waals surface area (Å²) >= 11 is 0. The van der Waals surface area contributed by atoms with Crippen molar-refractivity contribution < 1.29 is 24.2 Å². The Morgan fingerprint density at radius 2 is 1.41 bits per heavy atom. The van der Waals surface area contributed by atoms with Gasteiger partial charge in [-0.05, 0) is 74.5 Å². The molecule has 5 heteroatoms. The molecular weight excluding hydrogens is 572 g/mol. The molecule has 0 saturated carbocycles. The number of ether oxygens (including phenoxy) is 2. The van der Waals surface area contributed by atoms with Crippen LogP contribution < -0.4 is 0 Å². The average Bonchev–Trinajstić information content (AvgIpc) is 3.08. The van der Waals surface area contributed by atoms with E-state index in [9.17, 15) is 9.59 Å². The Bertz CT molecular complexity index is 1280. The summed E-state index contributed by atoms with van der Waals surface area (Å²) < 4.78 is 10.8. The van der Waals surface area contributed by atoms with Gasteiger partial charge in [-0.2, -0.15) is 0 Å². The van der Waals surface area contributed by atoms with E-state index in [0.29, 0.717) is 23.8 Å². The molecule has 3 rings (SSSR count). The molecule has 3 unspecified atom stereocenters. The predicted molar refractivity (Wildman–Crippen MR) is 188 cm³/mol. The molecule has 2 aliphatic carbocycles. The lowest BCUT2D eigenvalue weighted by Crippen LogP contribution is -2.22. The first-order valence-corrected chi connectivity index (χ1v) is 17.5. The maximum Gasteiger partial charge on any atom is 0.335 e. The fourth-order valence-electron chi connectivity index (χ4n) is 6.04. The number of aliphatic hydroxyl groups is 1. The highest BCUT2D eigenvalue weighted by Crippen LogP contribution is 2.33. The topological polar surface area (TPSA) is 72.8 Å². The van der Waals surface area contributed by atoms with Crippen LogP contribution in [0.4, 0.5) is 0 Å². The van der Waals surface area contributed by atoms with E-state index in [0.717, 1.165) is 44.9 Å². The van der Waals surface area contributed by atoms with Crippen LogP contribution in [0, 0.1) is 17.8 Å². The number of hydrogen-bond donors (Lipinski definition) is 1. The lowest BCUT2D eigenvalue weighted by molar-refractivity contribution is -0.144. The van der Waals surface area contributed by atoms with Crippen molar-refractivity contribution in [1.29, 1.82) is 0 Å². The molecule has 1 aromatic rings. The molecule has 0 heterocycles. The zero-order valence-corrected chi connectivity index (χ0v) is 28.5. The second-order valence-corrected chi connectivity index (χ2v) is 12.8. The van der Waals surface area contributed by atoms with Crippen LogP contribution in [0.25, 0.3) is 0 Å². The minimum atomic E-state index is -0.626.